The van der Waals surface area contributed by atoms with Crippen LogP contribution in [-0.2, 0) is 13.2 Å². The van der Waals surface area contributed by atoms with Gasteiger partial charge in [0, 0.05) is 17.0 Å². The molecule has 0 aliphatic heterocycles. The number of halogens is 1. The van der Waals surface area contributed by atoms with Crippen LogP contribution in [0.25, 0.3) is 0 Å². The van der Waals surface area contributed by atoms with E-state index in [4.69, 9.17) is 4.74 Å². The first-order chi connectivity index (χ1) is 8.29. The molecule has 2 nitrogen and oxygen atoms in total. The van der Waals surface area contributed by atoms with Crippen LogP contribution < -0.4 is 10.1 Å². The molecule has 2 aromatic rings. The Labute approximate surface area is 114 Å². The third kappa shape index (κ3) is 3.56. The van der Waals surface area contributed by atoms with Gasteiger partial charge in [-0.3, -0.25) is 0 Å². The minimum absolute atomic E-state index is 0.622. The van der Waals surface area contributed by atoms with E-state index in [9.17, 15) is 0 Å². The predicted octanol–water partition coefficient (Wildman–Crippen LogP) is 3.81. The van der Waals surface area contributed by atoms with Crippen LogP contribution in [-0.4, -0.2) is 7.05 Å². The first kappa shape index (κ1) is 12.6. The van der Waals surface area contributed by atoms with Crippen LogP contribution in [0.1, 0.15) is 10.4 Å². The second-order valence-corrected chi connectivity index (χ2v) is 6.18. The largest absolute Gasteiger partial charge is 0.488 e. The summed E-state index contributed by atoms with van der Waals surface area (Å²) in [4.78, 5) is 1.22. The van der Waals surface area contributed by atoms with Gasteiger partial charge in [0.05, 0.1) is 3.79 Å². The minimum Gasteiger partial charge on any atom is -0.488 e. The molecule has 0 unspecified atom stereocenters. The van der Waals surface area contributed by atoms with Gasteiger partial charge in [0.25, 0.3) is 0 Å². The Kier molecular flexibility index (Phi) is 4.59. The summed E-state index contributed by atoms with van der Waals surface area (Å²) in [5.41, 5.74) is 1.19. The molecule has 0 radical (unpaired) electrons. The number of para-hydroxylation sites is 1. The summed E-state index contributed by atoms with van der Waals surface area (Å²) in [6, 6.07) is 12.2. The summed E-state index contributed by atoms with van der Waals surface area (Å²) in [7, 11) is 1.94. The van der Waals surface area contributed by atoms with Gasteiger partial charge in [-0.05, 0) is 41.2 Å². The number of rotatable bonds is 5. The fraction of sp³-hybridized carbons (Fsp3) is 0.231. The van der Waals surface area contributed by atoms with E-state index >= 15 is 0 Å². The number of ether oxygens (including phenoxy) is 1. The molecule has 0 fully saturated rings. The summed E-state index contributed by atoms with van der Waals surface area (Å²) >= 11 is 5.15. The topological polar surface area (TPSA) is 21.3 Å². The molecule has 0 saturated heterocycles. The fourth-order valence-corrected chi connectivity index (χ4v) is 2.96. The van der Waals surface area contributed by atoms with E-state index in [-0.39, 0.29) is 0 Å². The Bertz CT molecular complexity index is 484. The van der Waals surface area contributed by atoms with Crippen molar-refractivity contribution in [1.82, 2.24) is 5.32 Å². The normalized spacial score (nSPS) is 10.5. The lowest BCUT2D eigenvalue weighted by Crippen LogP contribution is -2.07. The smallest absolute Gasteiger partial charge is 0.124 e. The lowest BCUT2D eigenvalue weighted by atomic mass is 10.2. The van der Waals surface area contributed by atoms with Gasteiger partial charge in [-0.25, -0.2) is 0 Å². The summed E-state index contributed by atoms with van der Waals surface area (Å²) in [6.07, 6.45) is 0. The van der Waals surface area contributed by atoms with Crippen molar-refractivity contribution in [2.24, 2.45) is 0 Å². The summed E-state index contributed by atoms with van der Waals surface area (Å²) in [5, 5.41) is 3.14. The highest BCUT2D eigenvalue weighted by molar-refractivity contribution is 9.11. The zero-order chi connectivity index (χ0) is 12.1. The Morgan fingerprint density at radius 3 is 2.76 bits per heavy atom. The molecule has 0 saturated carbocycles. The molecule has 0 amide bonds. The van der Waals surface area contributed by atoms with Crippen LogP contribution in [0.2, 0.25) is 0 Å². The monoisotopic (exact) mass is 311 g/mol. The van der Waals surface area contributed by atoms with Crippen molar-refractivity contribution in [3.63, 3.8) is 0 Å². The van der Waals surface area contributed by atoms with Gasteiger partial charge >= 0.3 is 0 Å². The summed E-state index contributed by atoms with van der Waals surface area (Å²) in [5.74, 6) is 0.950. The molecule has 17 heavy (non-hydrogen) atoms. The number of benzene rings is 1. The van der Waals surface area contributed by atoms with Gasteiger partial charge in [-0.2, -0.15) is 0 Å². The van der Waals surface area contributed by atoms with Gasteiger partial charge in [-0.15, -0.1) is 11.3 Å². The lowest BCUT2D eigenvalue weighted by molar-refractivity contribution is 0.306. The first-order valence-corrected chi connectivity index (χ1v) is 7.00. The number of nitrogens with one attached hydrogen (secondary N) is 1. The van der Waals surface area contributed by atoms with Crippen LogP contribution in [0.4, 0.5) is 0 Å². The van der Waals surface area contributed by atoms with Crippen LogP contribution in [0.5, 0.6) is 5.75 Å². The molecule has 1 aromatic heterocycles. The van der Waals surface area contributed by atoms with Gasteiger partial charge in [-0.1, -0.05) is 18.2 Å². The highest BCUT2D eigenvalue weighted by atomic mass is 79.9. The van der Waals surface area contributed by atoms with Gasteiger partial charge in [0.1, 0.15) is 12.4 Å². The third-order valence-electron chi connectivity index (χ3n) is 2.34. The van der Waals surface area contributed by atoms with E-state index in [2.05, 4.69) is 33.4 Å². The maximum Gasteiger partial charge on any atom is 0.124 e. The Morgan fingerprint density at radius 1 is 1.24 bits per heavy atom. The fourth-order valence-electron chi connectivity index (χ4n) is 1.56. The predicted molar refractivity (Wildman–Crippen MR) is 75.6 cm³/mol. The van der Waals surface area contributed by atoms with Crippen LogP contribution >= 0.6 is 27.3 Å². The van der Waals surface area contributed by atoms with Crippen LogP contribution in [0.15, 0.2) is 40.2 Å². The molecule has 1 aromatic carbocycles. The highest BCUT2D eigenvalue weighted by Gasteiger charge is 2.03. The molecule has 0 aliphatic rings. The zero-order valence-electron chi connectivity index (χ0n) is 9.57. The molecule has 4 heteroatoms. The van der Waals surface area contributed by atoms with Crippen molar-refractivity contribution in [3.05, 3.63) is 50.6 Å². The van der Waals surface area contributed by atoms with Crippen molar-refractivity contribution in [2.45, 2.75) is 13.2 Å². The second kappa shape index (κ2) is 6.19. The average molecular weight is 312 g/mol. The Morgan fingerprint density at radius 2 is 2.06 bits per heavy atom. The molecule has 90 valence electrons. The summed E-state index contributed by atoms with van der Waals surface area (Å²) < 4.78 is 6.98. The molecular formula is C13H14BrNOS. The van der Waals surface area contributed by atoms with Crippen molar-refractivity contribution >= 4 is 27.3 Å². The number of hydrogen-bond donors (Lipinski definition) is 1. The highest BCUT2D eigenvalue weighted by Crippen LogP contribution is 2.24. The Balaban J connectivity index is 2.03. The summed E-state index contributed by atoms with van der Waals surface area (Å²) in [6.45, 7) is 1.45. The van der Waals surface area contributed by atoms with Crippen molar-refractivity contribution in [3.8, 4) is 5.75 Å². The SMILES string of the molecule is CNCc1ccccc1OCc1ccc(Br)s1. The molecule has 0 bridgehead atoms. The van der Waals surface area contributed by atoms with E-state index in [0.717, 1.165) is 16.1 Å². The second-order valence-electron chi connectivity index (χ2n) is 3.63. The molecule has 0 spiro atoms. The van der Waals surface area contributed by atoms with E-state index in [1.807, 2.05) is 31.3 Å². The van der Waals surface area contributed by atoms with E-state index in [0.29, 0.717) is 6.61 Å². The minimum atomic E-state index is 0.622. The molecule has 1 N–H and O–H groups in total. The lowest BCUT2D eigenvalue weighted by Gasteiger charge is -2.10. The van der Waals surface area contributed by atoms with Gasteiger partial charge in [0.15, 0.2) is 0 Å². The first-order valence-electron chi connectivity index (χ1n) is 5.39. The molecule has 1 heterocycles. The Hall–Kier alpha value is -0.840. The molecule has 0 aliphatic carbocycles. The van der Waals surface area contributed by atoms with Crippen molar-refractivity contribution in [1.29, 1.82) is 0 Å². The third-order valence-corrected chi connectivity index (χ3v) is 3.94. The standard InChI is InChI=1S/C13H14BrNOS/c1-15-8-10-4-2-3-5-12(10)16-9-11-6-7-13(14)17-11/h2-7,15H,8-9H2,1H3. The van der Waals surface area contributed by atoms with E-state index in [1.54, 1.807) is 11.3 Å². The van der Waals surface area contributed by atoms with Crippen molar-refractivity contribution in [2.75, 3.05) is 7.05 Å². The maximum atomic E-state index is 5.84. The number of hydrogen-bond acceptors (Lipinski definition) is 3. The van der Waals surface area contributed by atoms with Gasteiger partial charge in [0.2, 0.25) is 0 Å². The maximum absolute atomic E-state index is 5.84. The van der Waals surface area contributed by atoms with Gasteiger partial charge < -0.3 is 10.1 Å². The molecule has 2 rings (SSSR count). The van der Waals surface area contributed by atoms with Crippen LogP contribution in [0, 0.1) is 0 Å². The van der Waals surface area contributed by atoms with E-state index in [1.165, 1.54) is 10.4 Å². The van der Waals surface area contributed by atoms with Crippen LogP contribution in [0.3, 0.4) is 0 Å². The zero-order valence-corrected chi connectivity index (χ0v) is 12.0. The van der Waals surface area contributed by atoms with E-state index < -0.39 is 0 Å². The molecule has 0 atom stereocenters. The molecular weight excluding hydrogens is 298 g/mol. The number of thiophene rings is 1. The average Bonchev–Trinajstić information content (AvgIpc) is 2.74. The van der Waals surface area contributed by atoms with Crippen molar-refractivity contribution < 1.29 is 4.74 Å². The quantitative estimate of drug-likeness (QED) is 0.906.